The first-order valence-electron chi connectivity index (χ1n) is 8.30. The Morgan fingerprint density at radius 1 is 1.25 bits per heavy atom. The molecule has 1 aliphatic heterocycles. The molecule has 0 radical (unpaired) electrons. The highest BCUT2D eigenvalue weighted by atomic mass is 19.1. The summed E-state index contributed by atoms with van der Waals surface area (Å²) >= 11 is 0. The molecule has 1 aromatic carbocycles. The molecule has 1 aliphatic rings. The molecule has 6 heteroatoms. The van der Waals surface area contributed by atoms with Crippen molar-refractivity contribution in [3.63, 3.8) is 0 Å². The summed E-state index contributed by atoms with van der Waals surface area (Å²) in [5.74, 6) is -1.46. The highest BCUT2D eigenvalue weighted by Crippen LogP contribution is 2.24. The van der Waals surface area contributed by atoms with Crippen molar-refractivity contribution in [1.29, 1.82) is 0 Å². The van der Waals surface area contributed by atoms with E-state index in [0.29, 0.717) is 19.5 Å². The second-order valence-corrected chi connectivity index (χ2v) is 6.79. The maximum atomic E-state index is 13.0. The average molecular weight is 336 g/mol. The van der Waals surface area contributed by atoms with Crippen LogP contribution in [-0.2, 0) is 9.59 Å². The van der Waals surface area contributed by atoms with E-state index in [1.165, 1.54) is 12.1 Å². The van der Waals surface area contributed by atoms with E-state index < -0.39 is 17.9 Å². The van der Waals surface area contributed by atoms with E-state index in [1.54, 1.807) is 19.1 Å². The summed E-state index contributed by atoms with van der Waals surface area (Å²) in [5.41, 5.74) is 0.826. The molecule has 0 aliphatic carbocycles. The Morgan fingerprint density at radius 3 is 2.46 bits per heavy atom. The first kappa shape index (κ1) is 18.4. The number of piperidine rings is 1. The smallest absolute Gasteiger partial charge is 0.307 e. The normalized spacial score (nSPS) is 24.2. The lowest BCUT2D eigenvalue weighted by atomic mass is 9.89. The number of carboxylic acids is 1. The van der Waals surface area contributed by atoms with Crippen LogP contribution in [0.3, 0.4) is 0 Å². The third kappa shape index (κ3) is 4.54. The Labute approximate surface area is 141 Å². The van der Waals surface area contributed by atoms with Crippen LogP contribution in [0.2, 0.25) is 0 Å². The number of aliphatic carboxylic acids is 1. The summed E-state index contributed by atoms with van der Waals surface area (Å²) in [6, 6.07) is 5.38. The molecule has 0 aromatic heterocycles. The molecule has 1 fully saturated rings. The third-order valence-corrected chi connectivity index (χ3v) is 4.69. The zero-order valence-corrected chi connectivity index (χ0v) is 14.3. The van der Waals surface area contributed by atoms with Gasteiger partial charge < -0.3 is 10.4 Å². The Balaban J connectivity index is 1.98. The number of nitrogens with one attached hydrogen (secondary N) is 1. The standard InChI is InChI=1S/C18H25FN2O3/c1-11-8-15(18(23)24)10-21(9-11)13(3)17(22)20-12(2)14-4-6-16(19)7-5-14/h4-7,11-13,15H,8-10H2,1-3H3,(H,20,22)(H,23,24). The van der Waals surface area contributed by atoms with Crippen LogP contribution in [0.25, 0.3) is 0 Å². The van der Waals surface area contributed by atoms with Gasteiger partial charge in [-0.05, 0) is 43.9 Å². The number of halogens is 1. The summed E-state index contributed by atoms with van der Waals surface area (Å²) < 4.78 is 13.0. The minimum absolute atomic E-state index is 0.148. The van der Waals surface area contributed by atoms with E-state index in [0.717, 1.165) is 5.56 Å². The van der Waals surface area contributed by atoms with Gasteiger partial charge in [0.15, 0.2) is 0 Å². The number of nitrogens with zero attached hydrogens (tertiary/aromatic N) is 1. The van der Waals surface area contributed by atoms with Crippen molar-refractivity contribution in [2.45, 2.75) is 39.3 Å². The molecule has 2 N–H and O–H groups in total. The molecule has 1 aromatic rings. The Morgan fingerprint density at radius 2 is 1.88 bits per heavy atom. The lowest BCUT2D eigenvalue weighted by molar-refractivity contribution is -0.146. The minimum atomic E-state index is -0.807. The van der Waals surface area contributed by atoms with Crippen molar-refractivity contribution < 1.29 is 19.1 Å². The molecule has 2 rings (SSSR count). The Bertz CT molecular complexity index is 590. The fourth-order valence-corrected chi connectivity index (χ4v) is 3.22. The monoisotopic (exact) mass is 336 g/mol. The van der Waals surface area contributed by atoms with Crippen LogP contribution in [-0.4, -0.2) is 41.0 Å². The van der Waals surface area contributed by atoms with Crippen molar-refractivity contribution >= 4 is 11.9 Å². The van der Waals surface area contributed by atoms with Crippen LogP contribution in [0.5, 0.6) is 0 Å². The second kappa shape index (κ2) is 7.75. The number of likely N-dealkylation sites (tertiary alicyclic amines) is 1. The molecule has 24 heavy (non-hydrogen) atoms. The quantitative estimate of drug-likeness (QED) is 0.866. The number of hydrogen-bond acceptors (Lipinski definition) is 3. The van der Waals surface area contributed by atoms with Crippen molar-refractivity contribution in [3.05, 3.63) is 35.6 Å². The van der Waals surface area contributed by atoms with E-state index in [1.807, 2.05) is 18.7 Å². The number of amides is 1. The molecule has 132 valence electrons. The average Bonchev–Trinajstić information content (AvgIpc) is 2.53. The van der Waals surface area contributed by atoms with Gasteiger partial charge in [0, 0.05) is 13.1 Å². The van der Waals surface area contributed by atoms with Crippen LogP contribution in [0.4, 0.5) is 4.39 Å². The molecular formula is C18H25FN2O3. The van der Waals surface area contributed by atoms with Gasteiger partial charge in [0.25, 0.3) is 0 Å². The summed E-state index contributed by atoms with van der Waals surface area (Å²) in [6.45, 7) is 6.75. The first-order valence-corrected chi connectivity index (χ1v) is 8.30. The van der Waals surface area contributed by atoms with Crippen LogP contribution >= 0.6 is 0 Å². The molecule has 5 nitrogen and oxygen atoms in total. The molecule has 0 bridgehead atoms. The van der Waals surface area contributed by atoms with E-state index in [-0.39, 0.29) is 23.7 Å². The Hall–Kier alpha value is -1.95. The fraction of sp³-hybridized carbons (Fsp3) is 0.556. The zero-order valence-electron chi connectivity index (χ0n) is 14.3. The van der Waals surface area contributed by atoms with Gasteiger partial charge in [-0.25, -0.2) is 4.39 Å². The summed E-state index contributed by atoms with van der Waals surface area (Å²) in [5, 5.41) is 12.2. The highest BCUT2D eigenvalue weighted by molar-refractivity contribution is 5.82. The minimum Gasteiger partial charge on any atom is -0.481 e. The predicted molar refractivity (Wildman–Crippen MR) is 88.9 cm³/mol. The van der Waals surface area contributed by atoms with Gasteiger partial charge in [0.2, 0.25) is 5.91 Å². The van der Waals surface area contributed by atoms with Crippen molar-refractivity contribution in [2.24, 2.45) is 11.8 Å². The number of rotatable bonds is 5. The molecule has 0 saturated carbocycles. The van der Waals surface area contributed by atoms with Crippen LogP contribution < -0.4 is 5.32 Å². The first-order chi connectivity index (χ1) is 11.3. The topological polar surface area (TPSA) is 69.6 Å². The molecule has 1 amide bonds. The Kier molecular flexibility index (Phi) is 5.94. The zero-order chi connectivity index (χ0) is 17.9. The van der Waals surface area contributed by atoms with Crippen molar-refractivity contribution in [2.75, 3.05) is 13.1 Å². The molecular weight excluding hydrogens is 311 g/mol. The van der Waals surface area contributed by atoms with E-state index in [4.69, 9.17) is 0 Å². The SMILES string of the molecule is CC1CC(C(=O)O)CN(C(C)C(=O)NC(C)c2ccc(F)cc2)C1. The molecule has 1 heterocycles. The highest BCUT2D eigenvalue weighted by Gasteiger charge is 2.34. The lowest BCUT2D eigenvalue weighted by Crippen LogP contribution is -2.52. The number of carbonyl (C=O) groups excluding carboxylic acids is 1. The number of carboxylic acid groups (broad SMARTS) is 1. The van der Waals surface area contributed by atoms with Gasteiger partial charge in [0.05, 0.1) is 18.0 Å². The van der Waals surface area contributed by atoms with E-state index in [9.17, 15) is 19.1 Å². The molecule has 1 saturated heterocycles. The third-order valence-electron chi connectivity index (χ3n) is 4.69. The van der Waals surface area contributed by atoms with Crippen molar-refractivity contribution in [3.8, 4) is 0 Å². The number of hydrogen-bond donors (Lipinski definition) is 2. The summed E-state index contributed by atoms with van der Waals surface area (Å²) in [6.07, 6.45) is 0.645. The van der Waals surface area contributed by atoms with Gasteiger partial charge in [-0.3, -0.25) is 14.5 Å². The maximum Gasteiger partial charge on any atom is 0.307 e. The number of benzene rings is 1. The fourth-order valence-electron chi connectivity index (χ4n) is 3.22. The van der Waals surface area contributed by atoms with Gasteiger partial charge >= 0.3 is 5.97 Å². The molecule has 0 spiro atoms. The largest absolute Gasteiger partial charge is 0.481 e. The second-order valence-electron chi connectivity index (χ2n) is 6.79. The molecule has 4 unspecified atom stereocenters. The van der Waals surface area contributed by atoms with Crippen molar-refractivity contribution in [1.82, 2.24) is 10.2 Å². The summed E-state index contributed by atoms with van der Waals surface area (Å²) in [7, 11) is 0. The predicted octanol–water partition coefficient (Wildman–Crippen LogP) is 2.43. The molecule has 4 atom stereocenters. The van der Waals surface area contributed by atoms with Gasteiger partial charge in [-0.1, -0.05) is 19.1 Å². The van der Waals surface area contributed by atoms with Gasteiger partial charge in [0.1, 0.15) is 5.82 Å². The lowest BCUT2D eigenvalue weighted by Gasteiger charge is -2.38. The van der Waals surface area contributed by atoms with Gasteiger partial charge in [-0.2, -0.15) is 0 Å². The summed E-state index contributed by atoms with van der Waals surface area (Å²) in [4.78, 5) is 25.7. The number of carbonyl (C=O) groups is 2. The van der Waals surface area contributed by atoms with E-state index in [2.05, 4.69) is 5.32 Å². The van der Waals surface area contributed by atoms with Crippen LogP contribution in [0.15, 0.2) is 24.3 Å². The maximum absolute atomic E-state index is 13.0. The van der Waals surface area contributed by atoms with Crippen LogP contribution in [0, 0.1) is 17.7 Å². The van der Waals surface area contributed by atoms with Crippen LogP contribution in [0.1, 0.15) is 38.8 Å². The van der Waals surface area contributed by atoms with E-state index >= 15 is 0 Å². The van der Waals surface area contributed by atoms with Gasteiger partial charge in [-0.15, -0.1) is 0 Å².